The second-order valence-electron chi connectivity index (χ2n) is 5.63. The predicted octanol–water partition coefficient (Wildman–Crippen LogP) is 4.13. The van der Waals surface area contributed by atoms with Gasteiger partial charge >= 0.3 is 0 Å². The largest absolute Gasteiger partial charge is 0.493 e. The van der Waals surface area contributed by atoms with Crippen LogP contribution >= 0.6 is 0 Å². The standard InChI is InChI=1S/C19H22N2O5/c1-5-13-9-7-8-12(3)18(13)20-19(22)14-10-17(26-6-2)16(25-4)11-15(14)21(23)24/h7-11H,5-6H2,1-4H3,(H,20,22). The molecule has 1 N–H and O–H groups in total. The number of benzene rings is 2. The summed E-state index contributed by atoms with van der Waals surface area (Å²) >= 11 is 0. The third-order valence-electron chi connectivity index (χ3n) is 4.00. The molecule has 2 aromatic rings. The lowest BCUT2D eigenvalue weighted by Crippen LogP contribution is -2.16. The molecule has 0 heterocycles. The van der Waals surface area contributed by atoms with Crippen LogP contribution in [0.25, 0.3) is 0 Å². The van der Waals surface area contributed by atoms with Crippen molar-refractivity contribution in [2.24, 2.45) is 0 Å². The molecule has 0 spiro atoms. The highest BCUT2D eigenvalue weighted by Crippen LogP contribution is 2.35. The molecule has 0 unspecified atom stereocenters. The van der Waals surface area contributed by atoms with E-state index in [4.69, 9.17) is 9.47 Å². The second-order valence-corrected chi connectivity index (χ2v) is 5.63. The van der Waals surface area contributed by atoms with Crippen LogP contribution in [0.3, 0.4) is 0 Å². The van der Waals surface area contributed by atoms with E-state index in [-0.39, 0.29) is 22.7 Å². The summed E-state index contributed by atoms with van der Waals surface area (Å²) < 4.78 is 10.6. The first-order valence-electron chi connectivity index (χ1n) is 8.31. The minimum absolute atomic E-state index is 0.0791. The molecule has 0 saturated heterocycles. The second kappa shape index (κ2) is 8.33. The molecule has 2 aromatic carbocycles. The van der Waals surface area contributed by atoms with Crippen LogP contribution in [0.15, 0.2) is 30.3 Å². The molecule has 0 aliphatic rings. The van der Waals surface area contributed by atoms with Crippen LogP contribution in [-0.4, -0.2) is 24.5 Å². The maximum absolute atomic E-state index is 12.8. The van der Waals surface area contributed by atoms with Gasteiger partial charge in [0.1, 0.15) is 5.56 Å². The van der Waals surface area contributed by atoms with Crippen LogP contribution < -0.4 is 14.8 Å². The van der Waals surface area contributed by atoms with E-state index >= 15 is 0 Å². The number of ether oxygens (including phenoxy) is 2. The number of rotatable bonds is 7. The van der Waals surface area contributed by atoms with Gasteiger partial charge in [0.25, 0.3) is 11.6 Å². The van der Waals surface area contributed by atoms with Crippen LogP contribution in [0.4, 0.5) is 11.4 Å². The number of aryl methyl sites for hydroxylation is 2. The Bertz CT molecular complexity index is 833. The van der Waals surface area contributed by atoms with Crippen LogP contribution in [0.1, 0.15) is 35.3 Å². The molecule has 138 valence electrons. The zero-order valence-corrected chi connectivity index (χ0v) is 15.3. The molecule has 0 aliphatic heterocycles. The van der Waals surface area contributed by atoms with E-state index in [0.29, 0.717) is 12.3 Å². The number of methoxy groups -OCH3 is 1. The summed E-state index contributed by atoms with van der Waals surface area (Å²) in [4.78, 5) is 23.6. The van der Waals surface area contributed by atoms with Crippen molar-refractivity contribution in [3.8, 4) is 11.5 Å². The highest BCUT2D eigenvalue weighted by atomic mass is 16.6. The number of para-hydroxylation sites is 1. The number of amides is 1. The molecule has 0 atom stereocenters. The Balaban J connectivity index is 2.51. The summed E-state index contributed by atoms with van der Waals surface area (Å²) in [7, 11) is 1.39. The number of carbonyl (C=O) groups excluding carboxylic acids is 1. The number of nitrogens with zero attached hydrogens (tertiary/aromatic N) is 1. The summed E-state index contributed by atoms with van der Waals surface area (Å²) in [5, 5.41) is 14.2. The minimum Gasteiger partial charge on any atom is -0.493 e. The Kier molecular flexibility index (Phi) is 6.16. The molecule has 7 heteroatoms. The van der Waals surface area contributed by atoms with Crippen LogP contribution in [0, 0.1) is 17.0 Å². The number of nitro benzene ring substituents is 1. The van der Waals surface area contributed by atoms with Crippen molar-refractivity contribution in [1.82, 2.24) is 0 Å². The first kappa shape index (κ1) is 19.2. The summed E-state index contributed by atoms with van der Waals surface area (Å²) in [5.41, 5.74) is 2.10. The van der Waals surface area contributed by atoms with Crippen molar-refractivity contribution >= 4 is 17.3 Å². The number of nitrogens with one attached hydrogen (secondary N) is 1. The van der Waals surface area contributed by atoms with Gasteiger partial charge in [0, 0.05) is 11.8 Å². The van der Waals surface area contributed by atoms with Crippen LogP contribution in [-0.2, 0) is 6.42 Å². The normalized spacial score (nSPS) is 10.3. The third kappa shape index (κ3) is 3.93. The predicted molar refractivity (Wildman–Crippen MR) is 99.3 cm³/mol. The van der Waals surface area contributed by atoms with Gasteiger partial charge in [-0.2, -0.15) is 0 Å². The van der Waals surface area contributed by atoms with Gasteiger partial charge in [-0.3, -0.25) is 14.9 Å². The molecule has 7 nitrogen and oxygen atoms in total. The molecular formula is C19H22N2O5. The summed E-state index contributed by atoms with van der Waals surface area (Å²) in [6.07, 6.45) is 0.728. The van der Waals surface area contributed by atoms with E-state index in [1.54, 1.807) is 6.92 Å². The maximum atomic E-state index is 12.8. The van der Waals surface area contributed by atoms with Crippen LogP contribution in [0.2, 0.25) is 0 Å². The quantitative estimate of drug-likeness (QED) is 0.594. The van der Waals surface area contributed by atoms with Gasteiger partial charge < -0.3 is 14.8 Å². The number of hydrogen-bond acceptors (Lipinski definition) is 5. The minimum atomic E-state index is -0.605. The fourth-order valence-electron chi connectivity index (χ4n) is 2.69. The number of hydrogen-bond donors (Lipinski definition) is 1. The Hall–Kier alpha value is -3.09. The SMILES string of the molecule is CCOc1cc(C(=O)Nc2c(C)cccc2CC)c([N+](=O)[O-])cc1OC. The highest BCUT2D eigenvalue weighted by Gasteiger charge is 2.25. The highest BCUT2D eigenvalue weighted by molar-refractivity contribution is 6.08. The van der Waals surface area contributed by atoms with Crippen molar-refractivity contribution < 1.29 is 19.2 Å². The molecule has 26 heavy (non-hydrogen) atoms. The van der Waals surface area contributed by atoms with E-state index in [2.05, 4.69) is 5.32 Å². The Labute approximate surface area is 152 Å². The van der Waals surface area contributed by atoms with E-state index in [1.807, 2.05) is 32.0 Å². The number of anilines is 1. The molecule has 0 aliphatic carbocycles. The van der Waals surface area contributed by atoms with Crippen LogP contribution in [0.5, 0.6) is 11.5 Å². The van der Waals surface area contributed by atoms with Gasteiger partial charge in [-0.05, 0) is 31.4 Å². The lowest BCUT2D eigenvalue weighted by molar-refractivity contribution is -0.385. The molecule has 0 saturated carbocycles. The molecule has 0 fully saturated rings. The Morgan fingerprint density at radius 1 is 1.23 bits per heavy atom. The number of nitro groups is 1. The average molecular weight is 358 g/mol. The van der Waals surface area contributed by atoms with E-state index in [1.165, 1.54) is 19.2 Å². The van der Waals surface area contributed by atoms with Gasteiger partial charge in [0.2, 0.25) is 0 Å². The molecular weight excluding hydrogens is 336 g/mol. The van der Waals surface area contributed by atoms with Crippen molar-refractivity contribution in [2.75, 3.05) is 19.0 Å². The summed E-state index contributed by atoms with van der Waals surface area (Å²) in [6, 6.07) is 8.25. The van der Waals surface area contributed by atoms with Crippen molar-refractivity contribution in [3.05, 3.63) is 57.1 Å². The lowest BCUT2D eigenvalue weighted by Gasteiger charge is -2.15. The summed E-state index contributed by atoms with van der Waals surface area (Å²) in [6.45, 7) is 5.98. The van der Waals surface area contributed by atoms with Gasteiger partial charge in [-0.1, -0.05) is 25.1 Å². The molecule has 0 radical (unpaired) electrons. The molecule has 2 rings (SSSR count). The lowest BCUT2D eigenvalue weighted by atomic mass is 10.0. The van der Waals surface area contributed by atoms with Crippen molar-refractivity contribution in [3.63, 3.8) is 0 Å². The number of carbonyl (C=O) groups is 1. The first-order valence-corrected chi connectivity index (χ1v) is 8.31. The monoisotopic (exact) mass is 358 g/mol. The maximum Gasteiger partial charge on any atom is 0.286 e. The zero-order chi connectivity index (χ0) is 19.3. The molecule has 0 aromatic heterocycles. The first-order chi connectivity index (χ1) is 12.4. The Morgan fingerprint density at radius 3 is 2.54 bits per heavy atom. The fraction of sp³-hybridized carbons (Fsp3) is 0.316. The zero-order valence-electron chi connectivity index (χ0n) is 15.3. The smallest absolute Gasteiger partial charge is 0.286 e. The molecule has 1 amide bonds. The third-order valence-corrected chi connectivity index (χ3v) is 4.00. The van der Waals surface area contributed by atoms with Crippen molar-refractivity contribution in [1.29, 1.82) is 0 Å². The Morgan fingerprint density at radius 2 is 1.96 bits per heavy atom. The average Bonchev–Trinajstić information content (AvgIpc) is 2.62. The summed E-state index contributed by atoms with van der Waals surface area (Å²) in [5.74, 6) is -0.0733. The van der Waals surface area contributed by atoms with Gasteiger partial charge in [0.05, 0.1) is 24.7 Å². The van der Waals surface area contributed by atoms with E-state index < -0.39 is 10.8 Å². The van der Waals surface area contributed by atoms with Crippen molar-refractivity contribution in [2.45, 2.75) is 27.2 Å². The van der Waals surface area contributed by atoms with Gasteiger partial charge in [0.15, 0.2) is 11.5 Å². The van der Waals surface area contributed by atoms with E-state index in [0.717, 1.165) is 17.5 Å². The fourth-order valence-corrected chi connectivity index (χ4v) is 2.69. The topological polar surface area (TPSA) is 90.7 Å². The molecule has 0 bridgehead atoms. The van der Waals surface area contributed by atoms with Gasteiger partial charge in [-0.25, -0.2) is 0 Å². The van der Waals surface area contributed by atoms with E-state index in [9.17, 15) is 14.9 Å². The van der Waals surface area contributed by atoms with Gasteiger partial charge in [-0.15, -0.1) is 0 Å².